The molecule has 0 spiro atoms. The first-order valence-corrected chi connectivity index (χ1v) is 5.21. The number of hydrogen-bond donors (Lipinski definition) is 1. The van der Waals surface area contributed by atoms with Crippen molar-refractivity contribution in [1.82, 2.24) is 9.97 Å². The van der Waals surface area contributed by atoms with Gasteiger partial charge in [0, 0.05) is 18.4 Å². The van der Waals surface area contributed by atoms with E-state index >= 15 is 0 Å². The van der Waals surface area contributed by atoms with Crippen LogP contribution >= 0.6 is 11.6 Å². The van der Waals surface area contributed by atoms with Gasteiger partial charge in [-0.2, -0.15) is 0 Å². The minimum absolute atomic E-state index is 0.147. The second kappa shape index (κ2) is 4.55. The molecule has 0 aliphatic heterocycles. The zero-order valence-corrected chi connectivity index (χ0v) is 8.91. The van der Waals surface area contributed by atoms with Gasteiger partial charge in [0.1, 0.15) is 11.0 Å². The van der Waals surface area contributed by atoms with E-state index < -0.39 is 0 Å². The Morgan fingerprint density at radius 2 is 2.00 bits per heavy atom. The van der Waals surface area contributed by atoms with Gasteiger partial charge in [0.25, 0.3) is 0 Å². The van der Waals surface area contributed by atoms with E-state index in [1.165, 1.54) is 0 Å². The molecule has 0 saturated heterocycles. The standard InChI is InChI=1S/C11H11ClN2O/c12-11-8-4-1-2-5-9(8)13-10(14-11)6-3-7-15/h1-2,4-5,15H,3,6-7H2. The first kappa shape index (κ1) is 10.3. The smallest absolute Gasteiger partial charge is 0.140 e. The second-order valence-electron chi connectivity index (χ2n) is 3.27. The molecule has 0 aliphatic rings. The number of aromatic nitrogens is 2. The fourth-order valence-corrected chi connectivity index (χ4v) is 1.69. The van der Waals surface area contributed by atoms with Crippen LogP contribution in [0.2, 0.25) is 5.15 Å². The van der Waals surface area contributed by atoms with Crippen molar-refractivity contribution in [2.45, 2.75) is 12.8 Å². The number of rotatable bonds is 3. The van der Waals surface area contributed by atoms with E-state index in [1.807, 2.05) is 24.3 Å². The Hall–Kier alpha value is -1.19. The Kier molecular flexibility index (Phi) is 3.14. The molecule has 2 aromatic rings. The molecular weight excluding hydrogens is 212 g/mol. The van der Waals surface area contributed by atoms with Crippen LogP contribution in [0.15, 0.2) is 24.3 Å². The van der Waals surface area contributed by atoms with Gasteiger partial charge in [-0.3, -0.25) is 0 Å². The van der Waals surface area contributed by atoms with Crippen LogP contribution < -0.4 is 0 Å². The average Bonchev–Trinajstić information content (AvgIpc) is 2.26. The molecule has 0 radical (unpaired) electrons. The number of aliphatic hydroxyl groups is 1. The van der Waals surface area contributed by atoms with Gasteiger partial charge in [-0.1, -0.05) is 23.7 Å². The molecule has 1 N–H and O–H groups in total. The summed E-state index contributed by atoms with van der Waals surface area (Å²) in [5.41, 5.74) is 0.852. The number of nitrogens with zero attached hydrogens (tertiary/aromatic N) is 2. The maximum Gasteiger partial charge on any atom is 0.140 e. The van der Waals surface area contributed by atoms with Crippen molar-refractivity contribution in [3.05, 3.63) is 35.2 Å². The van der Waals surface area contributed by atoms with E-state index in [4.69, 9.17) is 16.7 Å². The molecule has 2 rings (SSSR count). The van der Waals surface area contributed by atoms with Crippen LogP contribution in [0.1, 0.15) is 12.2 Å². The fourth-order valence-electron chi connectivity index (χ4n) is 1.43. The topological polar surface area (TPSA) is 46.0 Å². The fraction of sp³-hybridized carbons (Fsp3) is 0.273. The van der Waals surface area contributed by atoms with Crippen LogP contribution in [0.4, 0.5) is 0 Å². The largest absolute Gasteiger partial charge is 0.396 e. The predicted octanol–water partition coefficient (Wildman–Crippen LogP) is 2.21. The van der Waals surface area contributed by atoms with Crippen molar-refractivity contribution in [1.29, 1.82) is 0 Å². The number of aryl methyl sites for hydroxylation is 1. The van der Waals surface area contributed by atoms with E-state index in [0.717, 1.165) is 10.9 Å². The molecule has 1 heterocycles. The molecule has 0 atom stereocenters. The minimum atomic E-state index is 0.147. The predicted molar refractivity (Wildman–Crippen MR) is 60.0 cm³/mol. The highest BCUT2D eigenvalue weighted by molar-refractivity contribution is 6.34. The van der Waals surface area contributed by atoms with Gasteiger partial charge in [0.2, 0.25) is 0 Å². The summed E-state index contributed by atoms with van der Waals surface area (Å²) in [5.74, 6) is 0.688. The molecule has 15 heavy (non-hydrogen) atoms. The summed E-state index contributed by atoms with van der Waals surface area (Å²) in [5, 5.41) is 10.1. The van der Waals surface area contributed by atoms with Crippen LogP contribution in [-0.4, -0.2) is 21.7 Å². The summed E-state index contributed by atoms with van der Waals surface area (Å²) in [6, 6.07) is 7.63. The lowest BCUT2D eigenvalue weighted by Gasteiger charge is -2.03. The number of halogens is 1. The quantitative estimate of drug-likeness (QED) is 0.810. The van der Waals surface area contributed by atoms with Gasteiger partial charge in [-0.05, 0) is 18.6 Å². The van der Waals surface area contributed by atoms with Crippen molar-refractivity contribution in [2.24, 2.45) is 0 Å². The Labute approximate surface area is 92.7 Å². The number of aliphatic hydroxyl groups excluding tert-OH is 1. The third-order valence-corrected chi connectivity index (χ3v) is 2.45. The summed E-state index contributed by atoms with van der Waals surface area (Å²) in [6.07, 6.45) is 1.32. The van der Waals surface area contributed by atoms with Gasteiger partial charge < -0.3 is 5.11 Å². The summed E-state index contributed by atoms with van der Waals surface area (Å²) in [6.45, 7) is 0.147. The van der Waals surface area contributed by atoms with Gasteiger partial charge in [0.05, 0.1) is 5.52 Å². The molecule has 1 aromatic heterocycles. The van der Waals surface area contributed by atoms with Crippen molar-refractivity contribution < 1.29 is 5.11 Å². The lowest BCUT2D eigenvalue weighted by molar-refractivity contribution is 0.287. The minimum Gasteiger partial charge on any atom is -0.396 e. The van der Waals surface area contributed by atoms with Crippen molar-refractivity contribution in [2.75, 3.05) is 6.61 Å². The van der Waals surface area contributed by atoms with Gasteiger partial charge in [0.15, 0.2) is 0 Å². The van der Waals surface area contributed by atoms with Crippen LogP contribution in [0.25, 0.3) is 10.9 Å². The van der Waals surface area contributed by atoms with Gasteiger partial charge >= 0.3 is 0 Å². The molecule has 0 fully saturated rings. The highest BCUT2D eigenvalue weighted by Crippen LogP contribution is 2.19. The van der Waals surface area contributed by atoms with Crippen molar-refractivity contribution in [3.63, 3.8) is 0 Å². The molecule has 3 nitrogen and oxygen atoms in total. The maximum atomic E-state index is 8.72. The maximum absolute atomic E-state index is 8.72. The molecular formula is C11H11ClN2O. The summed E-state index contributed by atoms with van der Waals surface area (Å²) >= 11 is 6.03. The summed E-state index contributed by atoms with van der Waals surface area (Å²) in [4.78, 5) is 8.55. The Bertz CT molecular complexity index is 473. The molecule has 0 amide bonds. The third kappa shape index (κ3) is 2.25. The molecule has 4 heteroatoms. The number of hydrogen-bond acceptors (Lipinski definition) is 3. The monoisotopic (exact) mass is 222 g/mol. The van der Waals surface area contributed by atoms with E-state index in [-0.39, 0.29) is 6.61 Å². The van der Waals surface area contributed by atoms with Crippen LogP contribution in [-0.2, 0) is 6.42 Å². The van der Waals surface area contributed by atoms with E-state index in [2.05, 4.69) is 9.97 Å². The van der Waals surface area contributed by atoms with E-state index in [9.17, 15) is 0 Å². The van der Waals surface area contributed by atoms with Crippen molar-refractivity contribution >= 4 is 22.5 Å². The zero-order chi connectivity index (χ0) is 10.7. The van der Waals surface area contributed by atoms with Crippen molar-refractivity contribution in [3.8, 4) is 0 Å². The molecule has 0 bridgehead atoms. The van der Waals surface area contributed by atoms with E-state index in [1.54, 1.807) is 0 Å². The number of benzene rings is 1. The highest BCUT2D eigenvalue weighted by atomic mass is 35.5. The highest BCUT2D eigenvalue weighted by Gasteiger charge is 2.04. The Morgan fingerprint density at radius 3 is 2.80 bits per heavy atom. The molecule has 1 aromatic carbocycles. The lowest BCUT2D eigenvalue weighted by Crippen LogP contribution is -1.98. The summed E-state index contributed by atoms with van der Waals surface area (Å²) < 4.78 is 0. The molecule has 0 aliphatic carbocycles. The first-order chi connectivity index (χ1) is 7.31. The van der Waals surface area contributed by atoms with Gasteiger partial charge in [-0.15, -0.1) is 0 Å². The van der Waals surface area contributed by atoms with E-state index in [0.29, 0.717) is 23.8 Å². The Balaban J connectivity index is 2.43. The lowest BCUT2D eigenvalue weighted by atomic mass is 10.2. The molecule has 78 valence electrons. The number of fused-ring (bicyclic) bond motifs is 1. The second-order valence-corrected chi connectivity index (χ2v) is 3.63. The van der Waals surface area contributed by atoms with Gasteiger partial charge in [-0.25, -0.2) is 9.97 Å². The molecule has 0 saturated carbocycles. The Morgan fingerprint density at radius 1 is 1.20 bits per heavy atom. The van der Waals surface area contributed by atoms with Crippen LogP contribution in [0, 0.1) is 0 Å². The normalized spacial score (nSPS) is 10.8. The average molecular weight is 223 g/mol. The van der Waals surface area contributed by atoms with Crippen LogP contribution in [0.3, 0.4) is 0 Å². The molecule has 0 unspecified atom stereocenters. The first-order valence-electron chi connectivity index (χ1n) is 4.83. The van der Waals surface area contributed by atoms with Crippen LogP contribution in [0.5, 0.6) is 0 Å². The zero-order valence-electron chi connectivity index (χ0n) is 8.15. The number of para-hydroxylation sites is 1. The SMILES string of the molecule is OCCCc1nc(Cl)c2ccccc2n1. The third-order valence-electron chi connectivity index (χ3n) is 2.16. The summed E-state index contributed by atoms with van der Waals surface area (Å²) in [7, 11) is 0.